The van der Waals surface area contributed by atoms with Crippen LogP contribution in [0.25, 0.3) is 0 Å². The molecule has 1 saturated heterocycles. The summed E-state index contributed by atoms with van der Waals surface area (Å²) in [5.74, 6) is -1.75. The summed E-state index contributed by atoms with van der Waals surface area (Å²) in [6.45, 7) is 6.38. The van der Waals surface area contributed by atoms with Crippen molar-refractivity contribution in [3.8, 4) is 0 Å². The van der Waals surface area contributed by atoms with Gasteiger partial charge in [0.05, 0.1) is 0 Å². The summed E-state index contributed by atoms with van der Waals surface area (Å²) in [5, 5.41) is 8.57. The van der Waals surface area contributed by atoms with Crippen molar-refractivity contribution in [3.05, 3.63) is 0 Å². The molecule has 74 valence electrons. The Hall–Kier alpha value is -1.06. The highest BCUT2D eigenvalue weighted by atomic mass is 16.4. The predicted molar refractivity (Wildman–Crippen MR) is 47.2 cm³/mol. The maximum absolute atomic E-state index is 11.2. The molecule has 0 saturated carbocycles. The van der Waals surface area contributed by atoms with Gasteiger partial charge >= 0.3 is 11.9 Å². The van der Waals surface area contributed by atoms with Gasteiger partial charge in [0.15, 0.2) is 0 Å². The van der Waals surface area contributed by atoms with E-state index < -0.39 is 11.9 Å². The minimum Gasteiger partial charge on any atom is -0.474 e. The molecule has 0 spiro atoms. The standard InChI is InChI=1S/C9H15NO3/c1-6-4-9(2,3)10(5-6)7(11)8(12)13/h6H,4-5H2,1-3H3,(H,12,13). The fourth-order valence-corrected chi connectivity index (χ4v) is 2.06. The van der Waals surface area contributed by atoms with Crippen LogP contribution in [0.4, 0.5) is 0 Å². The molecule has 1 atom stereocenters. The first-order valence-electron chi connectivity index (χ1n) is 4.39. The van der Waals surface area contributed by atoms with Crippen molar-refractivity contribution in [1.82, 2.24) is 4.90 Å². The highest BCUT2D eigenvalue weighted by molar-refractivity contribution is 6.31. The first kappa shape index (κ1) is 10.0. The van der Waals surface area contributed by atoms with Gasteiger partial charge in [0.25, 0.3) is 0 Å². The number of aliphatic carboxylic acids is 1. The second-order valence-corrected chi connectivity index (χ2v) is 4.34. The monoisotopic (exact) mass is 185 g/mol. The number of carboxylic acids is 1. The lowest BCUT2D eigenvalue weighted by Gasteiger charge is -2.29. The number of hydrogen-bond donors (Lipinski definition) is 1. The van der Waals surface area contributed by atoms with Gasteiger partial charge < -0.3 is 10.0 Å². The molecule has 1 heterocycles. The van der Waals surface area contributed by atoms with E-state index in [0.717, 1.165) is 6.42 Å². The van der Waals surface area contributed by atoms with Crippen LogP contribution in [0.1, 0.15) is 27.2 Å². The van der Waals surface area contributed by atoms with Crippen molar-refractivity contribution in [2.75, 3.05) is 6.54 Å². The first-order chi connectivity index (χ1) is 5.84. The van der Waals surface area contributed by atoms with Crippen molar-refractivity contribution in [2.24, 2.45) is 5.92 Å². The Morgan fingerprint density at radius 3 is 2.31 bits per heavy atom. The van der Waals surface area contributed by atoms with Crippen LogP contribution < -0.4 is 0 Å². The molecule has 0 radical (unpaired) electrons. The molecule has 1 aliphatic heterocycles. The molecule has 1 N–H and O–H groups in total. The molecule has 1 unspecified atom stereocenters. The third-order valence-electron chi connectivity index (χ3n) is 2.50. The molecule has 13 heavy (non-hydrogen) atoms. The zero-order chi connectivity index (χ0) is 10.2. The normalized spacial score (nSPS) is 26.1. The molecule has 1 aliphatic rings. The van der Waals surface area contributed by atoms with E-state index in [0.29, 0.717) is 12.5 Å². The molecule has 0 aliphatic carbocycles. The number of carbonyl (C=O) groups is 2. The smallest absolute Gasteiger partial charge is 0.394 e. The molecule has 0 aromatic heterocycles. The third-order valence-corrected chi connectivity index (χ3v) is 2.50. The quantitative estimate of drug-likeness (QED) is 0.566. The Morgan fingerprint density at radius 2 is 2.00 bits per heavy atom. The highest BCUT2D eigenvalue weighted by Gasteiger charge is 2.41. The van der Waals surface area contributed by atoms with Gasteiger partial charge in [-0.05, 0) is 26.2 Å². The Labute approximate surface area is 77.5 Å². The summed E-state index contributed by atoms with van der Waals surface area (Å²) in [6, 6.07) is 0. The van der Waals surface area contributed by atoms with Crippen molar-refractivity contribution in [1.29, 1.82) is 0 Å². The Balaban J connectivity index is 2.81. The molecule has 1 amide bonds. The summed E-state index contributed by atoms with van der Waals surface area (Å²) in [7, 11) is 0. The van der Waals surface area contributed by atoms with Gasteiger partial charge in [-0.3, -0.25) is 4.79 Å². The Kier molecular flexibility index (Phi) is 2.32. The van der Waals surface area contributed by atoms with E-state index in [1.807, 2.05) is 20.8 Å². The average molecular weight is 185 g/mol. The minimum atomic E-state index is -1.36. The van der Waals surface area contributed by atoms with Gasteiger partial charge in [0, 0.05) is 12.1 Å². The van der Waals surface area contributed by atoms with E-state index in [-0.39, 0.29) is 5.54 Å². The van der Waals surface area contributed by atoms with E-state index in [4.69, 9.17) is 5.11 Å². The number of hydrogen-bond acceptors (Lipinski definition) is 2. The first-order valence-corrected chi connectivity index (χ1v) is 4.39. The Bertz CT molecular complexity index is 247. The third kappa shape index (κ3) is 1.82. The van der Waals surface area contributed by atoms with E-state index in [2.05, 4.69) is 0 Å². The maximum atomic E-state index is 11.2. The predicted octanol–water partition coefficient (Wildman–Crippen LogP) is 0.718. The van der Waals surface area contributed by atoms with Gasteiger partial charge in [0.1, 0.15) is 0 Å². The minimum absolute atomic E-state index is 0.311. The lowest BCUT2D eigenvalue weighted by molar-refractivity contribution is -0.157. The summed E-state index contributed by atoms with van der Waals surface area (Å²) in [4.78, 5) is 23.2. The summed E-state index contributed by atoms with van der Waals surface area (Å²) >= 11 is 0. The van der Waals surface area contributed by atoms with E-state index >= 15 is 0 Å². The SMILES string of the molecule is CC1CN(C(=O)C(=O)O)C(C)(C)C1. The molecular formula is C9H15NO3. The van der Waals surface area contributed by atoms with E-state index in [1.165, 1.54) is 4.90 Å². The average Bonchev–Trinajstić information content (AvgIpc) is 2.22. The topological polar surface area (TPSA) is 57.6 Å². The lowest BCUT2D eigenvalue weighted by Crippen LogP contribution is -2.45. The van der Waals surface area contributed by atoms with Crippen molar-refractivity contribution in [3.63, 3.8) is 0 Å². The summed E-state index contributed by atoms with van der Waals surface area (Å²) in [6.07, 6.45) is 0.867. The molecule has 0 bridgehead atoms. The van der Waals surface area contributed by atoms with Gasteiger partial charge in [-0.25, -0.2) is 4.79 Å². The van der Waals surface area contributed by atoms with Gasteiger partial charge in [-0.2, -0.15) is 0 Å². The number of amides is 1. The van der Waals surface area contributed by atoms with Crippen molar-refractivity contribution < 1.29 is 14.7 Å². The van der Waals surface area contributed by atoms with Crippen LogP contribution in [0, 0.1) is 5.92 Å². The number of likely N-dealkylation sites (tertiary alicyclic amines) is 1. The number of carbonyl (C=O) groups excluding carboxylic acids is 1. The molecular weight excluding hydrogens is 170 g/mol. The van der Waals surface area contributed by atoms with Crippen LogP contribution in [-0.4, -0.2) is 34.0 Å². The molecule has 0 aromatic carbocycles. The van der Waals surface area contributed by atoms with Crippen LogP contribution in [0.15, 0.2) is 0 Å². The van der Waals surface area contributed by atoms with Crippen LogP contribution in [0.3, 0.4) is 0 Å². The largest absolute Gasteiger partial charge is 0.474 e. The zero-order valence-corrected chi connectivity index (χ0v) is 8.20. The number of rotatable bonds is 0. The molecule has 1 fully saturated rings. The molecule has 0 aromatic rings. The van der Waals surface area contributed by atoms with Gasteiger partial charge in [0.2, 0.25) is 0 Å². The fraction of sp³-hybridized carbons (Fsp3) is 0.778. The lowest BCUT2D eigenvalue weighted by atomic mass is 9.98. The van der Waals surface area contributed by atoms with Crippen molar-refractivity contribution in [2.45, 2.75) is 32.7 Å². The van der Waals surface area contributed by atoms with Crippen LogP contribution >= 0.6 is 0 Å². The molecule has 1 rings (SSSR count). The summed E-state index contributed by atoms with van der Waals surface area (Å²) < 4.78 is 0. The fourth-order valence-electron chi connectivity index (χ4n) is 2.06. The van der Waals surface area contributed by atoms with E-state index in [1.54, 1.807) is 0 Å². The summed E-state index contributed by atoms with van der Waals surface area (Å²) in [5.41, 5.74) is -0.311. The van der Waals surface area contributed by atoms with E-state index in [9.17, 15) is 9.59 Å². The zero-order valence-electron chi connectivity index (χ0n) is 8.20. The number of carboxylic acid groups (broad SMARTS) is 1. The highest BCUT2D eigenvalue weighted by Crippen LogP contribution is 2.32. The van der Waals surface area contributed by atoms with Crippen LogP contribution in [0.5, 0.6) is 0 Å². The number of nitrogens with zero attached hydrogens (tertiary/aromatic N) is 1. The molecule has 4 heteroatoms. The van der Waals surface area contributed by atoms with Gasteiger partial charge in [-0.15, -0.1) is 0 Å². The molecule has 4 nitrogen and oxygen atoms in total. The second-order valence-electron chi connectivity index (χ2n) is 4.34. The second kappa shape index (κ2) is 3.01. The maximum Gasteiger partial charge on any atom is 0.394 e. The van der Waals surface area contributed by atoms with Crippen LogP contribution in [0.2, 0.25) is 0 Å². The Morgan fingerprint density at radius 1 is 1.46 bits per heavy atom. The van der Waals surface area contributed by atoms with Crippen molar-refractivity contribution >= 4 is 11.9 Å². The van der Waals surface area contributed by atoms with Crippen LogP contribution in [-0.2, 0) is 9.59 Å². The van der Waals surface area contributed by atoms with Gasteiger partial charge in [-0.1, -0.05) is 6.92 Å².